The fraction of sp³-hybridized carbons (Fsp3) is 0.176. The Morgan fingerprint density at radius 1 is 1.33 bits per heavy atom. The van der Waals surface area contributed by atoms with Gasteiger partial charge in [-0.2, -0.15) is 18.3 Å². The maximum absolute atomic E-state index is 13.2. The third-order valence-electron chi connectivity index (χ3n) is 3.90. The molecule has 0 unspecified atom stereocenters. The minimum Gasteiger partial charge on any atom is -0.452 e. The molecule has 0 radical (unpaired) electrons. The number of anilines is 1. The molecule has 2 aromatic heterocycles. The van der Waals surface area contributed by atoms with Gasteiger partial charge < -0.3 is 10.1 Å². The van der Waals surface area contributed by atoms with Crippen molar-refractivity contribution in [3.05, 3.63) is 63.6 Å². The first kappa shape index (κ1) is 20.7. The minimum atomic E-state index is -4.95. The first-order valence-corrected chi connectivity index (χ1v) is 8.20. The Kier molecular flexibility index (Phi) is 5.36. The molecule has 0 saturated carbocycles. The van der Waals surface area contributed by atoms with Crippen LogP contribution in [0, 0.1) is 17.0 Å². The number of nitro benzene ring substituents is 1. The summed E-state index contributed by atoms with van der Waals surface area (Å²) in [6, 6.07) is 3.45. The second-order valence-electron chi connectivity index (χ2n) is 5.96. The highest BCUT2D eigenvalue weighted by Crippen LogP contribution is 2.37. The molecule has 0 aliphatic heterocycles. The molecule has 0 spiro atoms. The molecule has 13 heteroatoms. The summed E-state index contributed by atoms with van der Waals surface area (Å²) in [5.41, 5.74) is -2.41. The number of hydrogen-bond acceptors (Lipinski definition) is 7. The third kappa shape index (κ3) is 4.19. The number of aromatic nitrogens is 3. The van der Waals surface area contributed by atoms with Crippen LogP contribution < -0.4 is 5.32 Å². The Hall–Kier alpha value is -4.03. The highest BCUT2D eigenvalue weighted by molar-refractivity contribution is 5.99. The molecule has 1 aromatic carbocycles. The lowest BCUT2D eigenvalue weighted by Gasteiger charge is -2.13. The fourth-order valence-electron chi connectivity index (χ4n) is 2.61. The number of aryl methyl sites for hydroxylation is 1. The van der Waals surface area contributed by atoms with E-state index in [1.54, 1.807) is 12.3 Å². The van der Waals surface area contributed by atoms with Crippen molar-refractivity contribution in [1.82, 2.24) is 14.6 Å². The fourth-order valence-corrected chi connectivity index (χ4v) is 2.61. The van der Waals surface area contributed by atoms with Gasteiger partial charge in [0.15, 0.2) is 12.3 Å². The van der Waals surface area contributed by atoms with Crippen LogP contribution in [0.1, 0.15) is 21.6 Å². The number of rotatable bonds is 5. The number of amides is 1. The SMILES string of the molecule is Cc1nn2cccnc2c1C(=O)OCC(=O)Nc1ccc([N+](=O)[O-])cc1C(F)(F)F. The number of benzene rings is 1. The number of fused-ring (bicyclic) bond motifs is 1. The molecule has 0 fully saturated rings. The summed E-state index contributed by atoms with van der Waals surface area (Å²) in [5, 5.41) is 16.7. The van der Waals surface area contributed by atoms with E-state index in [-0.39, 0.29) is 16.9 Å². The Morgan fingerprint density at radius 2 is 2.07 bits per heavy atom. The highest BCUT2D eigenvalue weighted by atomic mass is 19.4. The zero-order chi connectivity index (χ0) is 22.1. The van der Waals surface area contributed by atoms with Gasteiger partial charge in [-0.15, -0.1) is 0 Å². The number of alkyl halides is 3. The maximum Gasteiger partial charge on any atom is 0.418 e. The number of nitrogens with zero attached hydrogens (tertiary/aromatic N) is 4. The van der Waals surface area contributed by atoms with Crippen LogP contribution in [0.4, 0.5) is 24.5 Å². The average molecular weight is 423 g/mol. The molecular weight excluding hydrogens is 411 g/mol. The lowest BCUT2D eigenvalue weighted by molar-refractivity contribution is -0.385. The zero-order valence-corrected chi connectivity index (χ0v) is 15.1. The van der Waals surface area contributed by atoms with Gasteiger partial charge in [0, 0.05) is 24.5 Å². The number of esters is 1. The minimum absolute atomic E-state index is 0.00900. The van der Waals surface area contributed by atoms with Gasteiger partial charge in [-0.05, 0) is 19.1 Å². The second-order valence-corrected chi connectivity index (χ2v) is 5.96. The van der Waals surface area contributed by atoms with Crippen LogP contribution in [-0.4, -0.2) is 38.0 Å². The molecule has 1 N–H and O–H groups in total. The molecule has 3 aromatic rings. The van der Waals surface area contributed by atoms with Crippen LogP contribution in [0.2, 0.25) is 0 Å². The van der Waals surface area contributed by atoms with Crippen LogP contribution in [0.3, 0.4) is 0 Å². The number of nitrogens with one attached hydrogen (secondary N) is 1. The zero-order valence-electron chi connectivity index (χ0n) is 15.1. The standard InChI is InChI=1S/C17H12F3N5O5/c1-9-14(15-21-5-2-6-24(15)23-9)16(27)30-8-13(26)22-12-4-3-10(25(28)29)7-11(12)17(18,19)20/h2-7H,8H2,1H3,(H,22,26). The summed E-state index contributed by atoms with van der Waals surface area (Å²) >= 11 is 0. The van der Waals surface area contributed by atoms with Gasteiger partial charge in [0.25, 0.3) is 11.6 Å². The smallest absolute Gasteiger partial charge is 0.418 e. The Bertz CT molecular complexity index is 1160. The lowest BCUT2D eigenvalue weighted by Crippen LogP contribution is -2.23. The van der Waals surface area contributed by atoms with Crippen molar-refractivity contribution in [2.24, 2.45) is 0 Å². The van der Waals surface area contributed by atoms with Gasteiger partial charge in [0.2, 0.25) is 0 Å². The molecule has 30 heavy (non-hydrogen) atoms. The second kappa shape index (κ2) is 7.77. The Labute approximate surface area is 165 Å². The van der Waals surface area contributed by atoms with E-state index in [9.17, 15) is 32.9 Å². The average Bonchev–Trinajstić information content (AvgIpc) is 3.01. The number of carbonyl (C=O) groups excluding carboxylic acids is 2. The normalized spacial score (nSPS) is 11.3. The van der Waals surface area contributed by atoms with Gasteiger partial charge in [-0.1, -0.05) is 0 Å². The van der Waals surface area contributed by atoms with E-state index in [1.807, 2.05) is 5.32 Å². The van der Waals surface area contributed by atoms with Crippen LogP contribution in [0.5, 0.6) is 0 Å². The molecule has 156 valence electrons. The van der Waals surface area contributed by atoms with E-state index in [1.165, 1.54) is 17.6 Å². The monoisotopic (exact) mass is 423 g/mol. The molecule has 2 heterocycles. The van der Waals surface area contributed by atoms with Crippen LogP contribution in [-0.2, 0) is 15.7 Å². The quantitative estimate of drug-likeness (QED) is 0.380. The molecule has 1 amide bonds. The van der Waals surface area contributed by atoms with Gasteiger partial charge in [0.05, 0.1) is 21.9 Å². The molecule has 0 atom stereocenters. The van der Waals surface area contributed by atoms with Gasteiger partial charge in [0.1, 0.15) is 5.56 Å². The van der Waals surface area contributed by atoms with Crippen molar-refractivity contribution >= 4 is 28.9 Å². The molecule has 10 nitrogen and oxygen atoms in total. The summed E-state index contributed by atoms with van der Waals surface area (Å²) in [6.07, 6.45) is -1.98. The first-order chi connectivity index (χ1) is 14.1. The van der Waals surface area contributed by atoms with Crippen molar-refractivity contribution in [3.63, 3.8) is 0 Å². The van der Waals surface area contributed by atoms with E-state index in [0.29, 0.717) is 6.07 Å². The van der Waals surface area contributed by atoms with Crippen LogP contribution in [0.15, 0.2) is 36.7 Å². The number of non-ortho nitro benzene ring substituents is 1. The number of hydrogen-bond donors (Lipinski definition) is 1. The summed E-state index contributed by atoms with van der Waals surface area (Å²) in [6.45, 7) is 0.633. The topological polar surface area (TPSA) is 129 Å². The predicted molar refractivity (Wildman–Crippen MR) is 94.7 cm³/mol. The first-order valence-electron chi connectivity index (χ1n) is 8.20. The van der Waals surface area contributed by atoms with Gasteiger partial charge >= 0.3 is 12.1 Å². The van der Waals surface area contributed by atoms with E-state index in [2.05, 4.69) is 10.1 Å². The Balaban J connectivity index is 1.74. The van der Waals surface area contributed by atoms with E-state index in [4.69, 9.17) is 4.74 Å². The third-order valence-corrected chi connectivity index (χ3v) is 3.90. The molecule has 0 bridgehead atoms. The van der Waals surface area contributed by atoms with Crippen molar-refractivity contribution in [2.45, 2.75) is 13.1 Å². The molecular formula is C17H12F3N5O5. The van der Waals surface area contributed by atoms with E-state index in [0.717, 1.165) is 12.1 Å². The number of ether oxygens (including phenoxy) is 1. The van der Waals surface area contributed by atoms with Crippen molar-refractivity contribution < 1.29 is 32.4 Å². The van der Waals surface area contributed by atoms with Gasteiger partial charge in [-0.25, -0.2) is 14.3 Å². The predicted octanol–water partition coefficient (Wildman–Crippen LogP) is 2.76. The van der Waals surface area contributed by atoms with Crippen molar-refractivity contribution in [2.75, 3.05) is 11.9 Å². The summed E-state index contributed by atoms with van der Waals surface area (Å²) in [4.78, 5) is 38.0. The van der Waals surface area contributed by atoms with Crippen molar-refractivity contribution in [3.8, 4) is 0 Å². The summed E-state index contributed by atoms with van der Waals surface area (Å²) < 4.78 is 45.7. The maximum atomic E-state index is 13.2. The number of nitro groups is 1. The highest BCUT2D eigenvalue weighted by Gasteiger charge is 2.35. The lowest BCUT2D eigenvalue weighted by atomic mass is 10.1. The molecule has 0 saturated heterocycles. The largest absolute Gasteiger partial charge is 0.452 e. The van der Waals surface area contributed by atoms with Crippen LogP contribution >= 0.6 is 0 Å². The molecule has 3 rings (SSSR count). The van der Waals surface area contributed by atoms with E-state index >= 15 is 0 Å². The van der Waals surface area contributed by atoms with Gasteiger partial charge in [-0.3, -0.25) is 14.9 Å². The number of halogens is 3. The molecule has 0 aliphatic rings. The Morgan fingerprint density at radius 3 is 2.73 bits per heavy atom. The van der Waals surface area contributed by atoms with Crippen LogP contribution in [0.25, 0.3) is 5.65 Å². The number of carbonyl (C=O) groups is 2. The summed E-state index contributed by atoms with van der Waals surface area (Å²) in [7, 11) is 0. The summed E-state index contributed by atoms with van der Waals surface area (Å²) in [5.74, 6) is -2.00. The molecule has 0 aliphatic carbocycles. The van der Waals surface area contributed by atoms with E-state index < -0.39 is 46.5 Å². The van der Waals surface area contributed by atoms with Crippen molar-refractivity contribution in [1.29, 1.82) is 0 Å².